The van der Waals surface area contributed by atoms with Crippen LogP contribution in [-0.2, 0) is 6.54 Å². The van der Waals surface area contributed by atoms with Crippen molar-refractivity contribution in [1.82, 2.24) is 5.32 Å². The molecule has 0 saturated heterocycles. The van der Waals surface area contributed by atoms with Crippen molar-refractivity contribution in [2.75, 3.05) is 13.2 Å². The van der Waals surface area contributed by atoms with E-state index in [9.17, 15) is 4.39 Å². The molecule has 0 aliphatic heterocycles. The molecule has 1 rings (SSSR count). The summed E-state index contributed by atoms with van der Waals surface area (Å²) < 4.78 is 18.6. The van der Waals surface area contributed by atoms with Gasteiger partial charge in [0.1, 0.15) is 6.61 Å². The lowest BCUT2D eigenvalue weighted by Crippen LogP contribution is -2.13. The number of benzene rings is 1. The summed E-state index contributed by atoms with van der Waals surface area (Å²) in [5.41, 5.74) is 0.928. The highest BCUT2D eigenvalue weighted by Gasteiger charge is 2.03. The molecule has 0 amide bonds. The smallest absolute Gasteiger partial charge is 0.165 e. The van der Waals surface area contributed by atoms with Gasteiger partial charge in [0.25, 0.3) is 0 Å². The van der Waals surface area contributed by atoms with E-state index >= 15 is 0 Å². The number of halogens is 1. The molecule has 0 bridgehead atoms. The third kappa shape index (κ3) is 4.03. The average molecular weight is 223 g/mol. The Morgan fingerprint density at radius 2 is 2.31 bits per heavy atom. The first kappa shape index (κ1) is 12.7. The number of hydrogen-bond donors (Lipinski definition) is 1. The average Bonchev–Trinajstić information content (AvgIpc) is 2.28. The summed E-state index contributed by atoms with van der Waals surface area (Å²) in [7, 11) is 0. The Bertz CT molecular complexity index is 339. The van der Waals surface area contributed by atoms with Gasteiger partial charge in [-0.2, -0.15) is 0 Å². The van der Waals surface area contributed by atoms with E-state index in [1.165, 1.54) is 6.07 Å². The monoisotopic (exact) mass is 223 g/mol. The van der Waals surface area contributed by atoms with Gasteiger partial charge in [0.2, 0.25) is 0 Å². The van der Waals surface area contributed by atoms with Crippen LogP contribution in [0, 0.1) is 5.82 Å². The van der Waals surface area contributed by atoms with Gasteiger partial charge in [0.05, 0.1) is 0 Å². The van der Waals surface area contributed by atoms with Gasteiger partial charge in [-0.3, -0.25) is 0 Å². The van der Waals surface area contributed by atoms with E-state index in [2.05, 4.69) is 18.8 Å². The second-order valence-corrected chi connectivity index (χ2v) is 3.54. The lowest BCUT2D eigenvalue weighted by Gasteiger charge is -2.07. The third-order valence-corrected chi connectivity index (χ3v) is 2.11. The standard InChI is InChI=1S/C13H18FNO/c1-3-7-15-10-11-5-6-13(12(14)9-11)16-8-4-2/h4-6,9,15H,2-3,7-8,10H2,1H3. The fraction of sp³-hybridized carbons (Fsp3) is 0.385. The highest BCUT2D eigenvalue weighted by molar-refractivity contribution is 5.29. The molecule has 3 heteroatoms. The van der Waals surface area contributed by atoms with Gasteiger partial charge >= 0.3 is 0 Å². The van der Waals surface area contributed by atoms with Crippen molar-refractivity contribution in [3.8, 4) is 5.75 Å². The molecule has 1 aromatic rings. The predicted molar refractivity (Wildman–Crippen MR) is 64.1 cm³/mol. The quantitative estimate of drug-likeness (QED) is 0.567. The molecule has 0 fully saturated rings. The molecule has 0 saturated carbocycles. The molecule has 1 N–H and O–H groups in total. The second kappa shape index (κ2) is 7.01. The Morgan fingerprint density at radius 1 is 1.50 bits per heavy atom. The normalized spacial score (nSPS) is 10.1. The zero-order valence-corrected chi connectivity index (χ0v) is 9.63. The van der Waals surface area contributed by atoms with Gasteiger partial charge < -0.3 is 10.1 Å². The van der Waals surface area contributed by atoms with E-state index in [4.69, 9.17) is 4.74 Å². The van der Waals surface area contributed by atoms with Crippen LogP contribution in [0.1, 0.15) is 18.9 Å². The Balaban J connectivity index is 2.56. The number of nitrogens with one attached hydrogen (secondary N) is 1. The van der Waals surface area contributed by atoms with Gasteiger partial charge in [-0.15, -0.1) is 0 Å². The molecule has 0 heterocycles. The van der Waals surface area contributed by atoms with E-state index in [0.717, 1.165) is 18.5 Å². The highest BCUT2D eigenvalue weighted by atomic mass is 19.1. The van der Waals surface area contributed by atoms with Crippen LogP contribution in [0.4, 0.5) is 4.39 Å². The maximum Gasteiger partial charge on any atom is 0.165 e. The fourth-order valence-corrected chi connectivity index (χ4v) is 1.33. The molecule has 2 nitrogen and oxygen atoms in total. The van der Waals surface area contributed by atoms with Gasteiger partial charge in [0.15, 0.2) is 11.6 Å². The van der Waals surface area contributed by atoms with Crippen molar-refractivity contribution >= 4 is 0 Å². The summed E-state index contributed by atoms with van der Waals surface area (Å²) in [5, 5.41) is 3.22. The minimum Gasteiger partial charge on any atom is -0.486 e. The van der Waals surface area contributed by atoms with Crippen molar-refractivity contribution < 1.29 is 9.13 Å². The lowest BCUT2D eigenvalue weighted by atomic mass is 10.2. The summed E-state index contributed by atoms with van der Waals surface area (Å²) in [5.74, 6) is -0.0446. The minimum absolute atomic E-state index is 0.277. The fourth-order valence-electron chi connectivity index (χ4n) is 1.33. The number of rotatable bonds is 7. The van der Waals surface area contributed by atoms with Crippen LogP contribution in [0.3, 0.4) is 0 Å². The first-order valence-corrected chi connectivity index (χ1v) is 5.50. The highest BCUT2D eigenvalue weighted by Crippen LogP contribution is 2.18. The topological polar surface area (TPSA) is 21.3 Å². The largest absolute Gasteiger partial charge is 0.486 e. The summed E-state index contributed by atoms with van der Waals surface area (Å²) in [6.07, 6.45) is 2.67. The molecule has 0 atom stereocenters. The molecule has 16 heavy (non-hydrogen) atoms. The van der Waals surface area contributed by atoms with Crippen LogP contribution in [-0.4, -0.2) is 13.2 Å². The second-order valence-electron chi connectivity index (χ2n) is 3.54. The van der Waals surface area contributed by atoms with Crippen LogP contribution in [0.15, 0.2) is 30.9 Å². The van der Waals surface area contributed by atoms with E-state index in [1.807, 2.05) is 6.07 Å². The molecule has 0 aliphatic rings. The number of hydrogen-bond acceptors (Lipinski definition) is 2. The summed E-state index contributed by atoms with van der Waals surface area (Å²) in [6, 6.07) is 5.02. The summed E-state index contributed by atoms with van der Waals surface area (Å²) in [6.45, 7) is 7.56. The first-order chi connectivity index (χ1) is 7.77. The van der Waals surface area contributed by atoms with Gasteiger partial charge in [0, 0.05) is 6.54 Å². The molecule has 0 spiro atoms. The van der Waals surface area contributed by atoms with Gasteiger partial charge in [-0.1, -0.05) is 25.6 Å². The van der Waals surface area contributed by atoms with Crippen molar-refractivity contribution in [2.24, 2.45) is 0 Å². The van der Waals surface area contributed by atoms with Crippen molar-refractivity contribution in [3.05, 3.63) is 42.2 Å². The molecule has 88 valence electrons. The third-order valence-electron chi connectivity index (χ3n) is 2.11. The zero-order chi connectivity index (χ0) is 11.8. The van der Waals surface area contributed by atoms with E-state index in [1.54, 1.807) is 12.1 Å². The summed E-state index contributed by atoms with van der Waals surface area (Å²) >= 11 is 0. The van der Waals surface area contributed by atoms with Crippen LogP contribution in [0.25, 0.3) is 0 Å². The molecule has 0 radical (unpaired) electrons. The molecular formula is C13H18FNO. The van der Waals surface area contributed by atoms with Crippen LogP contribution in [0.2, 0.25) is 0 Å². The first-order valence-electron chi connectivity index (χ1n) is 5.50. The van der Waals surface area contributed by atoms with Gasteiger partial charge in [-0.05, 0) is 30.7 Å². The van der Waals surface area contributed by atoms with E-state index in [0.29, 0.717) is 13.2 Å². The predicted octanol–water partition coefficient (Wildman–Crippen LogP) is 2.89. The van der Waals surface area contributed by atoms with Crippen LogP contribution < -0.4 is 10.1 Å². The van der Waals surface area contributed by atoms with Crippen molar-refractivity contribution in [1.29, 1.82) is 0 Å². The SMILES string of the molecule is C=CCOc1ccc(CNCCC)cc1F. The summed E-state index contributed by atoms with van der Waals surface area (Å²) in [4.78, 5) is 0. The number of ether oxygens (including phenoxy) is 1. The van der Waals surface area contributed by atoms with E-state index < -0.39 is 0 Å². The van der Waals surface area contributed by atoms with Crippen LogP contribution in [0.5, 0.6) is 5.75 Å². The maximum absolute atomic E-state index is 13.5. The zero-order valence-electron chi connectivity index (χ0n) is 9.63. The lowest BCUT2D eigenvalue weighted by molar-refractivity contribution is 0.341. The molecule has 0 unspecified atom stereocenters. The molecule has 0 aliphatic carbocycles. The van der Waals surface area contributed by atoms with E-state index in [-0.39, 0.29) is 11.6 Å². The Hall–Kier alpha value is -1.35. The Labute approximate surface area is 96.1 Å². The van der Waals surface area contributed by atoms with Crippen molar-refractivity contribution in [2.45, 2.75) is 19.9 Å². The Kier molecular flexibility index (Phi) is 5.57. The molecule has 1 aromatic carbocycles. The Morgan fingerprint density at radius 3 is 2.94 bits per heavy atom. The molecular weight excluding hydrogens is 205 g/mol. The minimum atomic E-state index is -0.322. The molecule has 0 aromatic heterocycles. The van der Waals surface area contributed by atoms with Crippen LogP contribution >= 0.6 is 0 Å². The van der Waals surface area contributed by atoms with Gasteiger partial charge in [-0.25, -0.2) is 4.39 Å². The maximum atomic E-state index is 13.5. The van der Waals surface area contributed by atoms with Crippen molar-refractivity contribution in [3.63, 3.8) is 0 Å².